The van der Waals surface area contributed by atoms with Crippen molar-refractivity contribution in [2.45, 2.75) is 74.1 Å². The molecule has 198 valence electrons. The van der Waals surface area contributed by atoms with E-state index < -0.39 is 17.1 Å². The molecule has 8 heteroatoms. The quantitative estimate of drug-likeness (QED) is 0.471. The molecule has 36 heavy (non-hydrogen) atoms. The van der Waals surface area contributed by atoms with Crippen LogP contribution in [-0.2, 0) is 14.9 Å². The van der Waals surface area contributed by atoms with E-state index in [1.54, 1.807) is 44.9 Å². The lowest BCUT2D eigenvalue weighted by molar-refractivity contribution is -0.00362. The Bertz CT molecular complexity index is 1010. The van der Waals surface area contributed by atoms with E-state index in [0.717, 1.165) is 10.5 Å². The molecule has 0 radical (unpaired) electrons. The fraction of sp³-hybridized carbons (Fsp3) is 0.536. The van der Waals surface area contributed by atoms with Crippen LogP contribution in [0.5, 0.6) is 11.5 Å². The third-order valence-corrected chi connectivity index (χ3v) is 7.72. The number of nitrogens with zero attached hydrogens (tertiary/aromatic N) is 1. The van der Waals surface area contributed by atoms with Crippen molar-refractivity contribution in [2.75, 3.05) is 27.8 Å². The molecular formula is C28H39NO6S. The zero-order valence-electron chi connectivity index (χ0n) is 22.3. The molecule has 2 aromatic carbocycles. The monoisotopic (exact) mass is 517 g/mol. The summed E-state index contributed by atoms with van der Waals surface area (Å²) in [5.74, 6) is 1.26. The van der Waals surface area contributed by atoms with Gasteiger partial charge in [0.15, 0.2) is 11.5 Å². The molecule has 1 amide bonds. The van der Waals surface area contributed by atoms with Gasteiger partial charge in [-0.25, -0.2) is 4.79 Å². The number of hydrogen-bond donors (Lipinski definition) is 1. The van der Waals surface area contributed by atoms with Gasteiger partial charge in [-0.1, -0.05) is 36.0 Å². The highest BCUT2D eigenvalue weighted by atomic mass is 32.2. The van der Waals surface area contributed by atoms with Gasteiger partial charge in [0.05, 0.1) is 26.4 Å². The van der Waals surface area contributed by atoms with Crippen molar-refractivity contribution in [2.24, 2.45) is 0 Å². The lowest BCUT2D eigenvalue weighted by Gasteiger charge is -2.36. The van der Waals surface area contributed by atoms with E-state index in [0.29, 0.717) is 30.9 Å². The molecule has 0 saturated carbocycles. The van der Waals surface area contributed by atoms with Gasteiger partial charge in [-0.3, -0.25) is 0 Å². The van der Waals surface area contributed by atoms with E-state index in [1.165, 1.54) is 0 Å². The van der Waals surface area contributed by atoms with Crippen LogP contribution in [0.4, 0.5) is 4.79 Å². The molecule has 3 rings (SSSR count). The first-order valence-corrected chi connectivity index (χ1v) is 13.1. The number of carbonyl (C=O) groups is 1. The number of ether oxygens (including phenoxy) is 4. The van der Waals surface area contributed by atoms with Gasteiger partial charge in [-0.05, 0) is 70.4 Å². The Morgan fingerprint density at radius 1 is 1.17 bits per heavy atom. The summed E-state index contributed by atoms with van der Waals surface area (Å²) < 4.78 is 23.2. The molecule has 1 unspecified atom stereocenters. The molecule has 2 aromatic rings. The van der Waals surface area contributed by atoms with Crippen LogP contribution >= 0.6 is 11.8 Å². The summed E-state index contributed by atoms with van der Waals surface area (Å²) in [7, 11) is 4.97. The Hall–Kier alpha value is -2.42. The SMILES string of the molecule is COc1ccc([C@@]2(CCN(C)C(=O)OC(C)(C)C)C[C@H]([C@@H](C)O)OC2Sc2ccccc2)cc1OC. The van der Waals surface area contributed by atoms with Crippen LogP contribution in [0.3, 0.4) is 0 Å². The van der Waals surface area contributed by atoms with Gasteiger partial charge < -0.3 is 29.0 Å². The number of methoxy groups -OCH3 is 2. The Kier molecular flexibility index (Phi) is 9.19. The van der Waals surface area contributed by atoms with Crippen molar-refractivity contribution >= 4 is 17.9 Å². The molecule has 0 spiro atoms. The van der Waals surface area contributed by atoms with Crippen LogP contribution in [0.25, 0.3) is 0 Å². The lowest BCUT2D eigenvalue weighted by Crippen LogP contribution is -2.40. The summed E-state index contributed by atoms with van der Waals surface area (Å²) in [4.78, 5) is 15.4. The molecule has 1 N–H and O–H groups in total. The summed E-state index contributed by atoms with van der Waals surface area (Å²) in [6, 6.07) is 16.0. The van der Waals surface area contributed by atoms with Gasteiger partial charge in [0.1, 0.15) is 11.0 Å². The van der Waals surface area contributed by atoms with E-state index in [1.807, 2.05) is 57.2 Å². The van der Waals surface area contributed by atoms with Crippen molar-refractivity contribution in [3.8, 4) is 11.5 Å². The van der Waals surface area contributed by atoms with Crippen LogP contribution in [0.2, 0.25) is 0 Å². The van der Waals surface area contributed by atoms with Gasteiger partial charge in [-0.15, -0.1) is 0 Å². The van der Waals surface area contributed by atoms with Crippen molar-refractivity contribution < 1.29 is 28.8 Å². The highest BCUT2D eigenvalue weighted by molar-refractivity contribution is 7.99. The second kappa shape index (κ2) is 11.8. The maximum atomic E-state index is 12.7. The molecular weight excluding hydrogens is 478 g/mol. The Morgan fingerprint density at radius 2 is 1.83 bits per heavy atom. The second-order valence-electron chi connectivity index (χ2n) is 10.3. The Morgan fingerprint density at radius 3 is 2.42 bits per heavy atom. The number of benzene rings is 2. The van der Waals surface area contributed by atoms with Crippen LogP contribution in [0.15, 0.2) is 53.4 Å². The first-order valence-electron chi connectivity index (χ1n) is 12.2. The summed E-state index contributed by atoms with van der Waals surface area (Å²) in [5.41, 5.74) is -0.386. The van der Waals surface area contributed by atoms with Gasteiger partial charge in [0.25, 0.3) is 0 Å². The largest absolute Gasteiger partial charge is 0.493 e. The van der Waals surface area contributed by atoms with Crippen molar-refractivity contribution in [1.82, 2.24) is 4.90 Å². The van der Waals surface area contributed by atoms with Crippen LogP contribution in [-0.4, -0.2) is 67.2 Å². The molecule has 1 heterocycles. The zero-order chi connectivity index (χ0) is 26.5. The second-order valence-corrected chi connectivity index (χ2v) is 11.4. The molecule has 0 bridgehead atoms. The molecule has 1 aliphatic heterocycles. The third-order valence-electron chi connectivity index (χ3n) is 6.40. The number of carbonyl (C=O) groups excluding carboxylic acids is 1. The van der Waals surface area contributed by atoms with E-state index in [9.17, 15) is 9.90 Å². The summed E-state index contributed by atoms with van der Waals surface area (Å²) >= 11 is 1.63. The Labute approximate surface area is 219 Å². The van der Waals surface area contributed by atoms with E-state index in [-0.39, 0.29) is 17.6 Å². The fourth-order valence-corrected chi connectivity index (χ4v) is 5.74. The van der Waals surface area contributed by atoms with Crippen molar-refractivity contribution in [1.29, 1.82) is 0 Å². The highest BCUT2D eigenvalue weighted by Gasteiger charge is 2.51. The lowest BCUT2D eigenvalue weighted by atomic mass is 9.74. The van der Waals surface area contributed by atoms with Gasteiger partial charge in [0, 0.05) is 23.9 Å². The predicted octanol–water partition coefficient (Wildman–Crippen LogP) is 5.49. The minimum absolute atomic E-state index is 0.301. The summed E-state index contributed by atoms with van der Waals surface area (Å²) in [5, 5.41) is 10.5. The average molecular weight is 518 g/mol. The van der Waals surface area contributed by atoms with Crippen LogP contribution in [0, 0.1) is 0 Å². The molecule has 0 aliphatic carbocycles. The third kappa shape index (κ3) is 6.66. The molecule has 4 atom stereocenters. The number of amides is 1. The maximum Gasteiger partial charge on any atom is 0.410 e. The number of thioether (sulfide) groups is 1. The first kappa shape index (κ1) is 28.2. The predicted molar refractivity (Wildman–Crippen MR) is 142 cm³/mol. The number of aliphatic hydroxyl groups excluding tert-OH is 1. The minimum atomic E-state index is -0.644. The minimum Gasteiger partial charge on any atom is -0.493 e. The molecule has 1 aliphatic rings. The maximum absolute atomic E-state index is 12.7. The molecule has 7 nitrogen and oxygen atoms in total. The number of aliphatic hydroxyl groups is 1. The zero-order valence-corrected chi connectivity index (χ0v) is 23.1. The average Bonchev–Trinajstić information content (AvgIpc) is 3.21. The molecule has 1 saturated heterocycles. The Balaban J connectivity index is 2.02. The fourth-order valence-electron chi connectivity index (χ4n) is 4.40. The van der Waals surface area contributed by atoms with Crippen molar-refractivity contribution in [3.63, 3.8) is 0 Å². The molecule has 1 fully saturated rings. The standard InChI is InChI=1S/C28H39NO6S/c1-19(30)24-18-28(15-16-29(5)26(31)35-27(2,3)4,20-13-14-22(32-6)23(17-20)33-7)25(34-24)36-21-11-9-8-10-12-21/h8-14,17,19,24-25,30H,15-16,18H2,1-7H3/t19-,24-,25?,28-/m1/s1. The van der Waals surface area contributed by atoms with Gasteiger partial charge in [-0.2, -0.15) is 0 Å². The number of rotatable bonds is 9. The van der Waals surface area contributed by atoms with Gasteiger partial charge >= 0.3 is 6.09 Å². The summed E-state index contributed by atoms with van der Waals surface area (Å²) in [6.07, 6.45) is -0.178. The van der Waals surface area contributed by atoms with Crippen LogP contribution < -0.4 is 9.47 Å². The van der Waals surface area contributed by atoms with Gasteiger partial charge in [0.2, 0.25) is 0 Å². The van der Waals surface area contributed by atoms with E-state index >= 15 is 0 Å². The highest BCUT2D eigenvalue weighted by Crippen LogP contribution is 2.52. The molecule has 0 aromatic heterocycles. The normalized spacial score (nSPS) is 22.7. The topological polar surface area (TPSA) is 77.5 Å². The van der Waals surface area contributed by atoms with E-state index in [2.05, 4.69) is 12.1 Å². The van der Waals surface area contributed by atoms with Crippen LogP contribution in [0.1, 0.15) is 46.1 Å². The first-order chi connectivity index (χ1) is 17.0. The van der Waals surface area contributed by atoms with Crippen molar-refractivity contribution in [3.05, 3.63) is 54.1 Å². The number of hydrogen-bond acceptors (Lipinski definition) is 7. The smallest absolute Gasteiger partial charge is 0.410 e. The summed E-state index contributed by atoms with van der Waals surface area (Å²) in [6.45, 7) is 7.77. The van der Waals surface area contributed by atoms with E-state index in [4.69, 9.17) is 18.9 Å².